The SMILES string of the molecule is CCOC(=O)c1ccc(OCC(=O)Nc2ccc(F)cc2)c(OC)c1. The van der Waals surface area contributed by atoms with Crippen LogP contribution >= 0.6 is 0 Å². The Morgan fingerprint density at radius 2 is 1.80 bits per heavy atom. The Bertz CT molecular complexity index is 746. The molecule has 0 aliphatic heterocycles. The molecule has 0 fully saturated rings. The molecule has 0 aliphatic rings. The Hall–Kier alpha value is -3.09. The molecule has 0 heterocycles. The van der Waals surface area contributed by atoms with Crippen molar-refractivity contribution in [2.75, 3.05) is 25.6 Å². The molecule has 0 radical (unpaired) electrons. The third kappa shape index (κ3) is 5.20. The summed E-state index contributed by atoms with van der Waals surface area (Å²) in [6.45, 7) is 1.71. The van der Waals surface area contributed by atoms with Gasteiger partial charge in [0.2, 0.25) is 0 Å². The third-order valence-electron chi connectivity index (χ3n) is 3.16. The fourth-order valence-corrected chi connectivity index (χ4v) is 2.00. The van der Waals surface area contributed by atoms with Crippen molar-refractivity contribution in [2.45, 2.75) is 6.92 Å². The van der Waals surface area contributed by atoms with Gasteiger partial charge in [-0.2, -0.15) is 0 Å². The molecule has 25 heavy (non-hydrogen) atoms. The predicted molar refractivity (Wildman–Crippen MR) is 89.5 cm³/mol. The molecule has 0 atom stereocenters. The maximum absolute atomic E-state index is 12.8. The molecule has 0 aliphatic carbocycles. The monoisotopic (exact) mass is 347 g/mol. The number of rotatable bonds is 7. The zero-order valence-corrected chi connectivity index (χ0v) is 13.9. The number of hydrogen-bond acceptors (Lipinski definition) is 5. The summed E-state index contributed by atoms with van der Waals surface area (Å²) in [7, 11) is 1.43. The summed E-state index contributed by atoms with van der Waals surface area (Å²) < 4.78 is 28.3. The van der Waals surface area contributed by atoms with Crippen molar-refractivity contribution >= 4 is 17.6 Å². The van der Waals surface area contributed by atoms with E-state index in [0.717, 1.165) is 0 Å². The molecule has 7 heteroatoms. The van der Waals surface area contributed by atoms with Crippen molar-refractivity contribution in [1.82, 2.24) is 0 Å². The number of benzene rings is 2. The molecule has 0 aromatic heterocycles. The normalized spacial score (nSPS) is 10.0. The fourth-order valence-electron chi connectivity index (χ4n) is 2.00. The minimum atomic E-state index is -0.471. The Morgan fingerprint density at radius 3 is 2.44 bits per heavy atom. The van der Waals surface area contributed by atoms with E-state index in [2.05, 4.69) is 5.32 Å². The van der Waals surface area contributed by atoms with Gasteiger partial charge in [0, 0.05) is 5.69 Å². The maximum Gasteiger partial charge on any atom is 0.338 e. The molecule has 2 aromatic carbocycles. The Labute approximate surface area is 144 Å². The second-order valence-corrected chi connectivity index (χ2v) is 4.93. The van der Waals surface area contributed by atoms with Gasteiger partial charge < -0.3 is 19.5 Å². The summed E-state index contributed by atoms with van der Waals surface area (Å²) in [5.41, 5.74) is 0.779. The largest absolute Gasteiger partial charge is 0.493 e. The van der Waals surface area contributed by atoms with E-state index in [1.165, 1.54) is 49.6 Å². The summed E-state index contributed by atoms with van der Waals surface area (Å²) >= 11 is 0. The Morgan fingerprint density at radius 1 is 1.08 bits per heavy atom. The number of carbonyl (C=O) groups is 2. The quantitative estimate of drug-likeness (QED) is 0.780. The molecule has 0 bridgehead atoms. The van der Waals surface area contributed by atoms with Crippen LogP contribution in [0.2, 0.25) is 0 Å². The Balaban J connectivity index is 1.98. The summed E-state index contributed by atoms with van der Waals surface area (Å²) in [4.78, 5) is 23.6. The van der Waals surface area contributed by atoms with Crippen LogP contribution in [0.3, 0.4) is 0 Å². The van der Waals surface area contributed by atoms with Crippen LogP contribution in [-0.2, 0) is 9.53 Å². The van der Waals surface area contributed by atoms with Crippen molar-refractivity contribution in [3.8, 4) is 11.5 Å². The van der Waals surface area contributed by atoms with Gasteiger partial charge in [-0.25, -0.2) is 9.18 Å². The number of methoxy groups -OCH3 is 1. The average molecular weight is 347 g/mol. The highest BCUT2D eigenvalue weighted by Gasteiger charge is 2.13. The zero-order chi connectivity index (χ0) is 18.2. The van der Waals surface area contributed by atoms with Crippen LogP contribution in [0.4, 0.5) is 10.1 Å². The number of anilines is 1. The van der Waals surface area contributed by atoms with Gasteiger partial charge in [0.05, 0.1) is 19.3 Å². The fraction of sp³-hybridized carbons (Fsp3) is 0.222. The first-order valence-electron chi connectivity index (χ1n) is 7.57. The highest BCUT2D eigenvalue weighted by molar-refractivity contribution is 5.92. The van der Waals surface area contributed by atoms with Gasteiger partial charge in [0.25, 0.3) is 5.91 Å². The van der Waals surface area contributed by atoms with E-state index in [9.17, 15) is 14.0 Å². The standard InChI is InChI=1S/C18H18FNO5/c1-3-24-18(22)12-4-9-15(16(10-12)23-2)25-11-17(21)20-14-7-5-13(19)6-8-14/h4-10H,3,11H2,1-2H3,(H,20,21). The first-order valence-corrected chi connectivity index (χ1v) is 7.57. The Kier molecular flexibility index (Phi) is 6.33. The lowest BCUT2D eigenvalue weighted by Gasteiger charge is -2.12. The van der Waals surface area contributed by atoms with Gasteiger partial charge in [-0.05, 0) is 49.4 Å². The summed E-state index contributed by atoms with van der Waals surface area (Å²) in [6, 6.07) is 9.90. The van der Waals surface area contributed by atoms with Crippen LogP contribution in [0.5, 0.6) is 11.5 Å². The van der Waals surface area contributed by atoms with Gasteiger partial charge >= 0.3 is 5.97 Å². The molecular formula is C18H18FNO5. The number of nitrogens with one attached hydrogen (secondary N) is 1. The molecule has 1 amide bonds. The number of amides is 1. The van der Waals surface area contributed by atoms with Crippen molar-refractivity contribution in [3.05, 3.63) is 53.8 Å². The van der Waals surface area contributed by atoms with Crippen molar-refractivity contribution in [2.24, 2.45) is 0 Å². The van der Waals surface area contributed by atoms with E-state index in [0.29, 0.717) is 22.7 Å². The molecule has 132 valence electrons. The van der Waals surface area contributed by atoms with Gasteiger partial charge in [-0.3, -0.25) is 4.79 Å². The lowest BCUT2D eigenvalue weighted by molar-refractivity contribution is -0.118. The van der Waals surface area contributed by atoms with Crippen LogP contribution in [-0.4, -0.2) is 32.2 Å². The van der Waals surface area contributed by atoms with Gasteiger partial charge in [-0.1, -0.05) is 0 Å². The molecule has 0 saturated carbocycles. The van der Waals surface area contributed by atoms with E-state index in [1.807, 2.05) is 0 Å². The average Bonchev–Trinajstić information content (AvgIpc) is 2.62. The molecule has 2 aromatic rings. The second-order valence-electron chi connectivity index (χ2n) is 4.93. The molecule has 0 saturated heterocycles. The maximum atomic E-state index is 12.8. The van der Waals surface area contributed by atoms with Crippen molar-refractivity contribution in [1.29, 1.82) is 0 Å². The van der Waals surface area contributed by atoms with E-state index in [-0.39, 0.29) is 19.0 Å². The molecule has 0 spiro atoms. The topological polar surface area (TPSA) is 73.9 Å². The number of hydrogen-bond donors (Lipinski definition) is 1. The minimum Gasteiger partial charge on any atom is -0.493 e. The summed E-state index contributed by atoms with van der Waals surface area (Å²) in [5, 5.41) is 2.58. The second kappa shape index (κ2) is 8.68. The minimum absolute atomic E-state index is 0.267. The first-order chi connectivity index (χ1) is 12.0. The highest BCUT2D eigenvalue weighted by Crippen LogP contribution is 2.28. The van der Waals surface area contributed by atoms with E-state index >= 15 is 0 Å². The van der Waals surface area contributed by atoms with Gasteiger partial charge in [0.1, 0.15) is 5.82 Å². The first kappa shape index (κ1) is 18.3. The van der Waals surface area contributed by atoms with E-state index in [4.69, 9.17) is 14.2 Å². The third-order valence-corrected chi connectivity index (χ3v) is 3.16. The predicted octanol–water partition coefficient (Wildman–Crippen LogP) is 3.03. The molecule has 6 nitrogen and oxygen atoms in total. The van der Waals surface area contributed by atoms with Gasteiger partial charge in [-0.15, -0.1) is 0 Å². The van der Waals surface area contributed by atoms with Gasteiger partial charge in [0.15, 0.2) is 18.1 Å². The lowest BCUT2D eigenvalue weighted by Crippen LogP contribution is -2.20. The smallest absolute Gasteiger partial charge is 0.338 e. The number of halogens is 1. The number of esters is 1. The highest BCUT2D eigenvalue weighted by atomic mass is 19.1. The number of ether oxygens (including phenoxy) is 3. The zero-order valence-electron chi connectivity index (χ0n) is 13.9. The van der Waals surface area contributed by atoms with Crippen molar-refractivity contribution < 1.29 is 28.2 Å². The van der Waals surface area contributed by atoms with E-state index < -0.39 is 11.9 Å². The van der Waals surface area contributed by atoms with Crippen LogP contribution in [0.15, 0.2) is 42.5 Å². The van der Waals surface area contributed by atoms with Crippen LogP contribution in [0, 0.1) is 5.82 Å². The van der Waals surface area contributed by atoms with Crippen LogP contribution < -0.4 is 14.8 Å². The lowest BCUT2D eigenvalue weighted by atomic mass is 10.2. The van der Waals surface area contributed by atoms with Crippen molar-refractivity contribution in [3.63, 3.8) is 0 Å². The molecule has 2 rings (SSSR count). The van der Waals surface area contributed by atoms with Crippen LogP contribution in [0.1, 0.15) is 17.3 Å². The van der Waals surface area contributed by atoms with Crippen LogP contribution in [0.25, 0.3) is 0 Å². The molecule has 1 N–H and O–H groups in total. The molecular weight excluding hydrogens is 329 g/mol. The summed E-state index contributed by atoms with van der Waals surface area (Å²) in [5.74, 6) is -0.657. The van der Waals surface area contributed by atoms with E-state index in [1.54, 1.807) is 6.92 Å². The number of carbonyl (C=O) groups excluding carboxylic acids is 2. The molecule has 0 unspecified atom stereocenters. The summed E-state index contributed by atoms with van der Waals surface area (Å²) in [6.07, 6.45) is 0.